The summed E-state index contributed by atoms with van der Waals surface area (Å²) in [6.07, 6.45) is 1.14. The van der Waals surface area contributed by atoms with Crippen LogP contribution in [-0.2, 0) is 0 Å². The molecule has 15 heavy (non-hydrogen) atoms. The summed E-state index contributed by atoms with van der Waals surface area (Å²) < 4.78 is 0. The Balaban J connectivity index is 2.40. The molecule has 0 amide bonds. The smallest absolute Gasteiger partial charge is 0.150 e. The summed E-state index contributed by atoms with van der Waals surface area (Å²) in [5, 5.41) is 8.18. The Morgan fingerprint density at radius 2 is 1.80 bits per heavy atom. The predicted molar refractivity (Wildman–Crippen MR) is 63.2 cm³/mol. The Morgan fingerprint density at radius 3 is 2.33 bits per heavy atom. The van der Waals surface area contributed by atoms with Crippen LogP contribution < -0.4 is 4.90 Å². The third-order valence-electron chi connectivity index (χ3n) is 2.27. The zero-order valence-corrected chi connectivity index (χ0v) is 10.1. The molecule has 0 saturated carbocycles. The van der Waals surface area contributed by atoms with Gasteiger partial charge in [0.2, 0.25) is 0 Å². The van der Waals surface area contributed by atoms with Gasteiger partial charge in [-0.25, -0.2) is 0 Å². The molecule has 0 spiro atoms. The van der Waals surface area contributed by atoms with Crippen LogP contribution in [0, 0.1) is 6.92 Å². The summed E-state index contributed by atoms with van der Waals surface area (Å²) in [6, 6.07) is 4.00. The van der Waals surface area contributed by atoms with E-state index in [9.17, 15) is 0 Å². The molecule has 0 radical (unpaired) electrons. The van der Waals surface area contributed by atoms with Gasteiger partial charge in [0.25, 0.3) is 0 Å². The Bertz CT molecular complexity index is 281. The van der Waals surface area contributed by atoms with E-state index in [4.69, 9.17) is 0 Å². The lowest BCUT2D eigenvalue weighted by molar-refractivity contribution is 0.401. The molecular weight excluding hydrogens is 188 g/mol. The number of rotatable bonds is 5. The highest BCUT2D eigenvalue weighted by Crippen LogP contribution is 2.07. The van der Waals surface area contributed by atoms with E-state index in [1.165, 1.54) is 0 Å². The minimum absolute atomic E-state index is 0.944. The molecule has 1 aromatic heterocycles. The molecule has 1 aromatic rings. The van der Waals surface area contributed by atoms with E-state index in [1.807, 2.05) is 19.1 Å². The minimum atomic E-state index is 0.944. The first-order valence-electron chi connectivity index (χ1n) is 5.26. The molecule has 0 N–H and O–H groups in total. The van der Waals surface area contributed by atoms with Crippen molar-refractivity contribution in [1.29, 1.82) is 0 Å². The molecule has 84 valence electrons. The fraction of sp³-hybridized carbons (Fsp3) is 0.636. The number of hydrogen-bond donors (Lipinski definition) is 0. The SMILES string of the molecule is Cc1ccc(N(C)CCCN(C)C)nn1. The second-order valence-electron chi connectivity index (χ2n) is 4.11. The molecule has 0 aliphatic heterocycles. The molecular formula is C11H20N4. The van der Waals surface area contributed by atoms with Crippen LogP contribution in [0.3, 0.4) is 0 Å². The summed E-state index contributed by atoms with van der Waals surface area (Å²) in [4.78, 5) is 4.32. The van der Waals surface area contributed by atoms with Gasteiger partial charge < -0.3 is 9.80 Å². The van der Waals surface area contributed by atoms with Gasteiger partial charge in [-0.2, -0.15) is 5.10 Å². The first kappa shape index (κ1) is 11.9. The van der Waals surface area contributed by atoms with Gasteiger partial charge >= 0.3 is 0 Å². The first-order chi connectivity index (χ1) is 7.09. The van der Waals surface area contributed by atoms with Crippen molar-refractivity contribution < 1.29 is 0 Å². The average molecular weight is 208 g/mol. The lowest BCUT2D eigenvalue weighted by Crippen LogP contribution is -2.24. The van der Waals surface area contributed by atoms with Crippen LogP contribution in [0.4, 0.5) is 5.82 Å². The quantitative estimate of drug-likeness (QED) is 0.727. The highest BCUT2D eigenvalue weighted by atomic mass is 15.2. The second kappa shape index (κ2) is 5.66. The van der Waals surface area contributed by atoms with Gasteiger partial charge in [-0.3, -0.25) is 0 Å². The van der Waals surface area contributed by atoms with Crippen LogP contribution in [0.25, 0.3) is 0 Å². The van der Waals surface area contributed by atoms with E-state index in [1.54, 1.807) is 0 Å². The Morgan fingerprint density at radius 1 is 1.07 bits per heavy atom. The van der Waals surface area contributed by atoms with Gasteiger partial charge in [-0.05, 0) is 46.1 Å². The predicted octanol–water partition coefficient (Wildman–Crippen LogP) is 1.17. The minimum Gasteiger partial charge on any atom is -0.358 e. The molecule has 0 saturated heterocycles. The van der Waals surface area contributed by atoms with Gasteiger partial charge in [0.05, 0.1) is 5.69 Å². The lowest BCUT2D eigenvalue weighted by atomic mass is 10.3. The molecule has 4 heteroatoms. The fourth-order valence-electron chi connectivity index (χ4n) is 1.33. The van der Waals surface area contributed by atoms with Crippen molar-refractivity contribution in [3.63, 3.8) is 0 Å². The van der Waals surface area contributed by atoms with Crippen molar-refractivity contribution in [3.8, 4) is 0 Å². The summed E-state index contributed by atoms with van der Waals surface area (Å²) in [6.45, 7) is 4.06. The Kier molecular flexibility index (Phi) is 4.49. The maximum Gasteiger partial charge on any atom is 0.150 e. The maximum absolute atomic E-state index is 4.14. The summed E-state index contributed by atoms with van der Waals surface area (Å²) >= 11 is 0. The van der Waals surface area contributed by atoms with Crippen molar-refractivity contribution >= 4 is 5.82 Å². The van der Waals surface area contributed by atoms with E-state index in [0.717, 1.165) is 31.0 Å². The van der Waals surface area contributed by atoms with Crippen LogP contribution in [0.15, 0.2) is 12.1 Å². The maximum atomic E-state index is 4.14. The zero-order chi connectivity index (χ0) is 11.3. The second-order valence-corrected chi connectivity index (χ2v) is 4.11. The molecule has 0 fully saturated rings. The molecule has 0 bridgehead atoms. The van der Waals surface area contributed by atoms with Crippen LogP contribution in [0.5, 0.6) is 0 Å². The van der Waals surface area contributed by atoms with Crippen LogP contribution >= 0.6 is 0 Å². The Labute approximate surface area is 91.9 Å². The number of aromatic nitrogens is 2. The largest absolute Gasteiger partial charge is 0.358 e. The van der Waals surface area contributed by atoms with Gasteiger partial charge in [-0.15, -0.1) is 5.10 Å². The number of aryl methyl sites for hydroxylation is 1. The molecule has 4 nitrogen and oxygen atoms in total. The van der Waals surface area contributed by atoms with Gasteiger partial charge in [-0.1, -0.05) is 0 Å². The first-order valence-corrected chi connectivity index (χ1v) is 5.26. The fourth-order valence-corrected chi connectivity index (χ4v) is 1.33. The third kappa shape index (κ3) is 4.25. The number of nitrogens with zero attached hydrogens (tertiary/aromatic N) is 4. The third-order valence-corrected chi connectivity index (χ3v) is 2.27. The normalized spacial score (nSPS) is 10.7. The topological polar surface area (TPSA) is 32.3 Å². The van der Waals surface area contributed by atoms with E-state index in [-0.39, 0.29) is 0 Å². The molecule has 0 unspecified atom stereocenters. The molecule has 0 aliphatic rings. The van der Waals surface area contributed by atoms with Crippen LogP contribution in [-0.4, -0.2) is 49.3 Å². The van der Waals surface area contributed by atoms with Crippen molar-refractivity contribution in [2.24, 2.45) is 0 Å². The van der Waals surface area contributed by atoms with Crippen molar-refractivity contribution in [1.82, 2.24) is 15.1 Å². The van der Waals surface area contributed by atoms with E-state index in [0.29, 0.717) is 0 Å². The van der Waals surface area contributed by atoms with Crippen molar-refractivity contribution in [2.45, 2.75) is 13.3 Å². The van der Waals surface area contributed by atoms with Crippen molar-refractivity contribution in [2.75, 3.05) is 39.1 Å². The molecule has 1 heterocycles. The average Bonchev–Trinajstić information content (AvgIpc) is 2.18. The molecule has 1 rings (SSSR count). The number of anilines is 1. The van der Waals surface area contributed by atoms with Gasteiger partial charge in [0.1, 0.15) is 0 Å². The summed E-state index contributed by atoms with van der Waals surface area (Å²) in [5.74, 6) is 0.944. The van der Waals surface area contributed by atoms with E-state index < -0.39 is 0 Å². The van der Waals surface area contributed by atoms with Crippen molar-refractivity contribution in [3.05, 3.63) is 17.8 Å². The van der Waals surface area contributed by atoms with Gasteiger partial charge in [0.15, 0.2) is 5.82 Å². The van der Waals surface area contributed by atoms with Gasteiger partial charge in [0, 0.05) is 13.6 Å². The highest BCUT2D eigenvalue weighted by molar-refractivity contribution is 5.35. The van der Waals surface area contributed by atoms with Crippen LogP contribution in [0.1, 0.15) is 12.1 Å². The Hall–Kier alpha value is -1.16. The summed E-state index contributed by atoms with van der Waals surface area (Å²) in [7, 11) is 6.23. The monoisotopic (exact) mass is 208 g/mol. The lowest BCUT2D eigenvalue weighted by Gasteiger charge is -2.18. The standard InChI is InChI=1S/C11H20N4/c1-10-6-7-11(13-12-10)15(4)9-5-8-14(2)3/h6-7H,5,8-9H2,1-4H3. The highest BCUT2D eigenvalue weighted by Gasteiger charge is 2.02. The number of hydrogen-bond acceptors (Lipinski definition) is 4. The summed E-state index contributed by atoms with van der Waals surface area (Å²) in [5.41, 5.74) is 0.959. The molecule has 0 aliphatic carbocycles. The zero-order valence-electron chi connectivity index (χ0n) is 10.1. The molecule has 0 atom stereocenters. The van der Waals surface area contributed by atoms with E-state index in [2.05, 4.69) is 41.1 Å². The van der Waals surface area contributed by atoms with Crippen LogP contribution in [0.2, 0.25) is 0 Å². The molecule has 0 aromatic carbocycles. The van der Waals surface area contributed by atoms with E-state index >= 15 is 0 Å².